The molecule has 0 saturated heterocycles. The molecule has 0 saturated carbocycles. The number of allylic oxidation sites excluding steroid dienone is 2. The third-order valence-corrected chi connectivity index (χ3v) is 6.96. The van der Waals surface area contributed by atoms with E-state index in [9.17, 15) is 0 Å². The fourth-order valence-electron chi connectivity index (χ4n) is 4.34. The molecule has 2 aromatic carbocycles. The first kappa shape index (κ1) is 17.9. The monoisotopic (exact) mass is 382 g/mol. The predicted molar refractivity (Wildman–Crippen MR) is 114 cm³/mol. The molecule has 2 aliphatic carbocycles. The molecule has 4 rings (SSSR count). The van der Waals surface area contributed by atoms with Gasteiger partial charge in [0.15, 0.2) is 0 Å². The largest absolute Gasteiger partial charge is 0.113 e. The average molecular weight is 383 g/mol. The number of hydrogen-bond acceptors (Lipinski definition) is 0. The zero-order chi connectivity index (χ0) is 18.6. The van der Waals surface area contributed by atoms with E-state index < -0.39 is 0 Å². The van der Waals surface area contributed by atoms with Crippen molar-refractivity contribution < 1.29 is 0 Å². The van der Waals surface area contributed by atoms with E-state index >= 15 is 0 Å². The number of aryl methyl sites for hydroxylation is 4. The number of halogens is 2. The van der Waals surface area contributed by atoms with Crippen LogP contribution in [-0.4, -0.2) is 0 Å². The van der Waals surface area contributed by atoms with Gasteiger partial charge in [-0.2, -0.15) is 0 Å². The first-order chi connectivity index (χ1) is 12.4. The number of fused-ring (bicyclic) bond motifs is 2. The van der Waals surface area contributed by atoms with Gasteiger partial charge in [-0.05, 0) is 96.2 Å². The quantitative estimate of drug-likeness (QED) is 0.475. The van der Waals surface area contributed by atoms with Gasteiger partial charge in [0, 0.05) is 0 Å². The SMILES string of the molecule is Cc1ccc(C)c2c1C=C(CCC1=Cc3c(C)ccc(C)c3C1Cl)C2Cl. The Morgan fingerprint density at radius 3 is 1.31 bits per heavy atom. The number of alkyl halides is 2. The van der Waals surface area contributed by atoms with Crippen LogP contribution in [-0.2, 0) is 0 Å². The molecule has 0 bridgehead atoms. The van der Waals surface area contributed by atoms with Gasteiger partial charge >= 0.3 is 0 Å². The van der Waals surface area contributed by atoms with Gasteiger partial charge in [0.25, 0.3) is 0 Å². The normalized spacial score (nSPS) is 20.7. The van der Waals surface area contributed by atoms with E-state index in [1.807, 2.05) is 0 Å². The Morgan fingerprint density at radius 1 is 0.615 bits per heavy atom. The molecule has 2 aromatic rings. The predicted octanol–water partition coefficient (Wildman–Crippen LogP) is 7.75. The Kier molecular flexibility index (Phi) is 4.53. The molecule has 0 radical (unpaired) electrons. The highest BCUT2D eigenvalue weighted by atomic mass is 35.5. The van der Waals surface area contributed by atoms with Crippen LogP contribution in [0.15, 0.2) is 35.4 Å². The van der Waals surface area contributed by atoms with Gasteiger partial charge in [-0.1, -0.05) is 36.4 Å². The second kappa shape index (κ2) is 6.59. The highest BCUT2D eigenvalue weighted by molar-refractivity contribution is 6.24. The summed E-state index contributed by atoms with van der Waals surface area (Å²) in [6.45, 7) is 8.64. The van der Waals surface area contributed by atoms with Crippen molar-refractivity contribution in [2.45, 2.75) is 51.3 Å². The molecule has 0 aliphatic heterocycles. The molecule has 26 heavy (non-hydrogen) atoms. The molecule has 0 nitrogen and oxygen atoms in total. The zero-order valence-corrected chi connectivity index (χ0v) is 17.3. The van der Waals surface area contributed by atoms with Gasteiger partial charge in [-0.25, -0.2) is 0 Å². The van der Waals surface area contributed by atoms with Crippen molar-refractivity contribution in [2.75, 3.05) is 0 Å². The fraction of sp³-hybridized carbons (Fsp3) is 0.333. The van der Waals surface area contributed by atoms with Crippen molar-refractivity contribution in [3.8, 4) is 0 Å². The molecule has 2 unspecified atom stereocenters. The number of rotatable bonds is 3. The Bertz CT molecular complexity index is 883. The third kappa shape index (κ3) is 2.75. The fourth-order valence-corrected chi connectivity index (χ4v) is 5.26. The summed E-state index contributed by atoms with van der Waals surface area (Å²) in [4.78, 5) is 0. The molecule has 134 valence electrons. The summed E-state index contributed by atoms with van der Waals surface area (Å²) < 4.78 is 0. The van der Waals surface area contributed by atoms with E-state index in [1.54, 1.807) is 0 Å². The van der Waals surface area contributed by atoms with Crippen LogP contribution in [0.4, 0.5) is 0 Å². The van der Waals surface area contributed by atoms with E-state index in [0.717, 1.165) is 12.8 Å². The smallest absolute Gasteiger partial charge is 0.0807 e. The van der Waals surface area contributed by atoms with E-state index in [1.165, 1.54) is 55.7 Å². The highest BCUT2D eigenvalue weighted by Crippen LogP contribution is 2.48. The zero-order valence-electron chi connectivity index (χ0n) is 15.8. The summed E-state index contributed by atoms with van der Waals surface area (Å²) in [6.07, 6.45) is 6.53. The second-order valence-corrected chi connectivity index (χ2v) is 8.59. The molecule has 0 heterocycles. The average Bonchev–Trinajstić information content (AvgIpc) is 3.12. The molecule has 0 aromatic heterocycles. The van der Waals surface area contributed by atoms with Crippen LogP contribution in [0.5, 0.6) is 0 Å². The maximum Gasteiger partial charge on any atom is 0.0807 e. The van der Waals surface area contributed by atoms with E-state index in [2.05, 4.69) is 64.1 Å². The van der Waals surface area contributed by atoms with E-state index in [0.29, 0.717) is 0 Å². The van der Waals surface area contributed by atoms with Crippen molar-refractivity contribution in [3.63, 3.8) is 0 Å². The van der Waals surface area contributed by atoms with Crippen LogP contribution in [0.3, 0.4) is 0 Å². The first-order valence-corrected chi connectivity index (χ1v) is 10.1. The van der Waals surface area contributed by atoms with Crippen molar-refractivity contribution in [3.05, 3.63) is 79.9 Å². The molecular formula is C24H24Cl2. The molecule has 0 spiro atoms. The first-order valence-electron chi connectivity index (χ1n) is 9.27. The maximum atomic E-state index is 6.83. The minimum Gasteiger partial charge on any atom is -0.113 e. The Morgan fingerprint density at radius 2 is 0.962 bits per heavy atom. The standard InChI is InChI=1S/C24H24Cl2/c1-13-5-7-15(3)21-19(13)11-17(23(21)25)9-10-18-12-20-14(2)6-8-16(4)22(20)24(18)26/h5-8,11-12,23-24H,9-10H2,1-4H3. The molecule has 0 amide bonds. The molecule has 0 N–H and O–H groups in total. The molecule has 2 aliphatic rings. The van der Waals surface area contributed by atoms with Crippen LogP contribution < -0.4 is 0 Å². The number of benzene rings is 2. The summed E-state index contributed by atoms with van der Waals surface area (Å²) in [5.41, 5.74) is 13.0. The minimum absolute atomic E-state index is 0.00785. The van der Waals surface area contributed by atoms with Gasteiger partial charge in [0.2, 0.25) is 0 Å². The molecular weight excluding hydrogens is 359 g/mol. The van der Waals surface area contributed by atoms with Gasteiger partial charge in [0.05, 0.1) is 10.8 Å². The lowest BCUT2D eigenvalue weighted by atomic mass is 9.97. The van der Waals surface area contributed by atoms with Gasteiger partial charge in [0.1, 0.15) is 0 Å². The molecule has 2 atom stereocenters. The Balaban J connectivity index is 1.57. The molecule has 2 heteroatoms. The van der Waals surface area contributed by atoms with Crippen molar-refractivity contribution in [2.24, 2.45) is 0 Å². The van der Waals surface area contributed by atoms with Crippen molar-refractivity contribution >= 4 is 35.4 Å². The summed E-state index contributed by atoms with van der Waals surface area (Å²) in [6, 6.07) is 8.73. The minimum atomic E-state index is -0.00785. The van der Waals surface area contributed by atoms with E-state index in [4.69, 9.17) is 23.2 Å². The van der Waals surface area contributed by atoms with Crippen LogP contribution >= 0.6 is 23.2 Å². The summed E-state index contributed by atoms with van der Waals surface area (Å²) in [7, 11) is 0. The lowest BCUT2D eigenvalue weighted by molar-refractivity contribution is 0.864. The Labute approximate surface area is 166 Å². The summed E-state index contributed by atoms with van der Waals surface area (Å²) in [5, 5.41) is -0.0157. The lowest BCUT2D eigenvalue weighted by Gasteiger charge is -2.15. The second-order valence-electron chi connectivity index (χ2n) is 7.72. The number of hydrogen-bond donors (Lipinski definition) is 0. The van der Waals surface area contributed by atoms with Crippen molar-refractivity contribution in [1.82, 2.24) is 0 Å². The summed E-state index contributed by atoms with van der Waals surface area (Å²) in [5.74, 6) is 0. The Hall–Kier alpha value is -1.50. The van der Waals surface area contributed by atoms with Crippen LogP contribution in [0.2, 0.25) is 0 Å². The highest BCUT2D eigenvalue weighted by Gasteiger charge is 2.29. The van der Waals surface area contributed by atoms with Gasteiger partial charge in [-0.15, -0.1) is 23.2 Å². The third-order valence-electron chi connectivity index (χ3n) is 5.97. The van der Waals surface area contributed by atoms with Crippen LogP contribution in [0.25, 0.3) is 12.2 Å². The van der Waals surface area contributed by atoms with Gasteiger partial charge in [-0.3, -0.25) is 0 Å². The van der Waals surface area contributed by atoms with Crippen LogP contribution in [0, 0.1) is 27.7 Å². The summed E-state index contributed by atoms with van der Waals surface area (Å²) >= 11 is 13.7. The molecule has 0 fully saturated rings. The van der Waals surface area contributed by atoms with Crippen molar-refractivity contribution in [1.29, 1.82) is 0 Å². The van der Waals surface area contributed by atoms with Gasteiger partial charge < -0.3 is 0 Å². The maximum absolute atomic E-state index is 6.83. The topological polar surface area (TPSA) is 0 Å². The van der Waals surface area contributed by atoms with E-state index in [-0.39, 0.29) is 10.8 Å². The lowest BCUT2D eigenvalue weighted by Crippen LogP contribution is -1.98. The van der Waals surface area contributed by atoms with Crippen LogP contribution in [0.1, 0.15) is 68.1 Å².